The zero-order chi connectivity index (χ0) is 25.5. The van der Waals surface area contributed by atoms with Gasteiger partial charge in [0.15, 0.2) is 17.6 Å². The Bertz CT molecular complexity index is 1270. The number of carbonyl (C=O) groups is 2. The molecule has 1 aliphatic heterocycles. The van der Waals surface area contributed by atoms with E-state index in [1.54, 1.807) is 37.3 Å². The van der Waals surface area contributed by atoms with Gasteiger partial charge in [0.2, 0.25) is 6.79 Å². The minimum atomic E-state index is -0.924. The van der Waals surface area contributed by atoms with Gasteiger partial charge in [0.05, 0.1) is 11.2 Å². The molecule has 0 saturated heterocycles. The van der Waals surface area contributed by atoms with Crippen LogP contribution in [0.15, 0.2) is 71.8 Å². The quantitative estimate of drug-likeness (QED) is 0.318. The first-order chi connectivity index (χ1) is 17.4. The lowest BCUT2D eigenvalue weighted by Gasteiger charge is -2.21. The van der Waals surface area contributed by atoms with Crippen molar-refractivity contribution in [3.8, 4) is 17.2 Å². The minimum Gasteiger partial charge on any atom is -0.479 e. The molecule has 2 N–H and O–H groups in total. The molecule has 0 radical (unpaired) electrons. The van der Waals surface area contributed by atoms with Gasteiger partial charge in [0.25, 0.3) is 11.8 Å². The Kier molecular flexibility index (Phi) is 8.30. The first-order valence-corrected chi connectivity index (χ1v) is 11.8. The van der Waals surface area contributed by atoms with E-state index in [0.717, 1.165) is 5.56 Å². The third-order valence-electron chi connectivity index (χ3n) is 5.27. The normalized spacial score (nSPS) is 13.8. The highest BCUT2D eigenvalue weighted by Gasteiger charge is 2.25. The van der Waals surface area contributed by atoms with Crippen molar-refractivity contribution in [3.05, 3.63) is 87.9 Å². The number of amides is 2. The second kappa shape index (κ2) is 11.8. The average molecular weight is 528 g/mol. The molecule has 3 aromatic carbocycles. The van der Waals surface area contributed by atoms with E-state index in [2.05, 4.69) is 15.8 Å². The summed E-state index contributed by atoms with van der Waals surface area (Å²) in [6.45, 7) is 1.73. The highest BCUT2D eigenvalue weighted by molar-refractivity contribution is 6.35. The average Bonchev–Trinajstić information content (AvgIpc) is 3.34. The highest BCUT2D eigenvalue weighted by atomic mass is 35.5. The van der Waals surface area contributed by atoms with Crippen LogP contribution in [-0.2, 0) is 16.0 Å². The zero-order valence-corrected chi connectivity index (χ0v) is 20.8. The van der Waals surface area contributed by atoms with E-state index in [0.29, 0.717) is 27.8 Å². The van der Waals surface area contributed by atoms with Crippen molar-refractivity contribution in [3.63, 3.8) is 0 Å². The molecule has 0 unspecified atom stereocenters. The fourth-order valence-corrected chi connectivity index (χ4v) is 3.86. The maximum Gasteiger partial charge on any atom is 0.262 e. The lowest BCUT2D eigenvalue weighted by molar-refractivity contribution is -0.132. The fraction of sp³-hybridized carbons (Fsp3) is 0.192. The maximum absolute atomic E-state index is 13.0. The third-order valence-corrected chi connectivity index (χ3v) is 5.80. The predicted octanol–water partition coefficient (Wildman–Crippen LogP) is 4.37. The van der Waals surface area contributed by atoms with Crippen molar-refractivity contribution in [1.29, 1.82) is 0 Å². The van der Waals surface area contributed by atoms with E-state index in [9.17, 15) is 9.59 Å². The van der Waals surface area contributed by atoms with Gasteiger partial charge in [0.1, 0.15) is 11.8 Å². The van der Waals surface area contributed by atoms with E-state index in [-0.39, 0.29) is 18.2 Å². The number of halogens is 2. The monoisotopic (exact) mass is 527 g/mol. The van der Waals surface area contributed by atoms with E-state index in [1.807, 2.05) is 30.3 Å². The number of nitrogens with zero attached hydrogens (tertiary/aromatic N) is 1. The molecule has 0 fully saturated rings. The Hall–Kier alpha value is -3.75. The van der Waals surface area contributed by atoms with Crippen LogP contribution in [0.4, 0.5) is 0 Å². The summed E-state index contributed by atoms with van der Waals surface area (Å²) in [5, 5.41) is 7.50. The standard InChI is InChI=1S/C26H23Cl2N3O5/c1-16(36-22-10-8-19(27)13-20(22)28)25(32)30-21(11-17-5-3-2-4-6-17)26(33)31-29-14-18-7-9-23-24(12-18)35-15-34-23/h2-10,12-14,16,21H,11,15H2,1H3,(H,30,32)(H,31,33)/b29-14-/t16-,21-/m1/s1. The fourth-order valence-electron chi connectivity index (χ4n) is 3.40. The van der Waals surface area contributed by atoms with E-state index in [4.69, 9.17) is 37.4 Å². The molecule has 0 aromatic heterocycles. The van der Waals surface area contributed by atoms with Gasteiger partial charge >= 0.3 is 0 Å². The molecule has 2 atom stereocenters. The van der Waals surface area contributed by atoms with Crippen molar-refractivity contribution >= 4 is 41.2 Å². The predicted molar refractivity (Wildman–Crippen MR) is 137 cm³/mol. The second-order valence-electron chi connectivity index (χ2n) is 7.93. The minimum absolute atomic E-state index is 0.167. The van der Waals surface area contributed by atoms with Crippen molar-refractivity contribution in [1.82, 2.24) is 10.7 Å². The number of nitrogens with one attached hydrogen (secondary N) is 2. The summed E-state index contributed by atoms with van der Waals surface area (Å²) in [5.74, 6) is 0.589. The van der Waals surface area contributed by atoms with Crippen LogP contribution in [0.5, 0.6) is 17.2 Å². The number of benzene rings is 3. The molecule has 1 aliphatic rings. The van der Waals surface area contributed by atoms with Crippen LogP contribution in [0.1, 0.15) is 18.1 Å². The number of carbonyl (C=O) groups excluding carboxylic acids is 2. The van der Waals surface area contributed by atoms with Gasteiger partial charge < -0.3 is 19.5 Å². The molecule has 4 rings (SSSR count). The molecule has 0 saturated carbocycles. The molecule has 0 spiro atoms. The number of hydrogen-bond acceptors (Lipinski definition) is 6. The topological polar surface area (TPSA) is 98.2 Å². The molecule has 3 aromatic rings. The van der Waals surface area contributed by atoms with Gasteiger partial charge in [-0.05, 0) is 54.4 Å². The molecule has 1 heterocycles. The van der Waals surface area contributed by atoms with E-state index < -0.39 is 24.0 Å². The Morgan fingerprint density at radius 1 is 1.03 bits per heavy atom. The molecule has 186 valence electrons. The Morgan fingerprint density at radius 2 is 1.81 bits per heavy atom. The van der Waals surface area contributed by atoms with Crippen molar-refractivity contribution in [2.24, 2.45) is 5.10 Å². The lowest BCUT2D eigenvalue weighted by Crippen LogP contribution is -2.50. The van der Waals surface area contributed by atoms with Gasteiger partial charge in [-0.1, -0.05) is 53.5 Å². The summed E-state index contributed by atoms with van der Waals surface area (Å²) in [7, 11) is 0. The molecule has 0 bridgehead atoms. The van der Waals surface area contributed by atoms with E-state index >= 15 is 0 Å². The molecular formula is C26H23Cl2N3O5. The third kappa shape index (κ3) is 6.68. The second-order valence-corrected chi connectivity index (χ2v) is 8.78. The molecule has 2 amide bonds. The number of hydrogen-bond donors (Lipinski definition) is 2. The maximum atomic E-state index is 13.0. The largest absolute Gasteiger partial charge is 0.479 e. The summed E-state index contributed by atoms with van der Waals surface area (Å²) in [4.78, 5) is 25.9. The van der Waals surface area contributed by atoms with Gasteiger partial charge in [-0.25, -0.2) is 5.43 Å². The van der Waals surface area contributed by atoms with Gasteiger partial charge in [-0.3, -0.25) is 9.59 Å². The number of rotatable bonds is 9. The zero-order valence-electron chi connectivity index (χ0n) is 19.2. The molecule has 10 heteroatoms. The smallest absolute Gasteiger partial charge is 0.262 e. The summed E-state index contributed by atoms with van der Waals surface area (Å²) in [5.41, 5.74) is 4.08. The van der Waals surface area contributed by atoms with Crippen LogP contribution in [0, 0.1) is 0 Å². The van der Waals surface area contributed by atoms with Crippen LogP contribution < -0.4 is 25.0 Å². The molecular weight excluding hydrogens is 505 g/mol. The van der Waals surface area contributed by atoms with Gasteiger partial charge in [-0.15, -0.1) is 0 Å². The van der Waals surface area contributed by atoms with Crippen LogP contribution in [0.2, 0.25) is 10.0 Å². The van der Waals surface area contributed by atoms with Crippen molar-refractivity contribution < 1.29 is 23.8 Å². The first-order valence-electron chi connectivity index (χ1n) is 11.1. The molecule has 8 nitrogen and oxygen atoms in total. The van der Waals surface area contributed by atoms with Crippen molar-refractivity contribution in [2.45, 2.75) is 25.5 Å². The number of ether oxygens (including phenoxy) is 3. The summed E-state index contributed by atoms with van der Waals surface area (Å²) >= 11 is 12.1. The lowest BCUT2D eigenvalue weighted by atomic mass is 10.1. The van der Waals surface area contributed by atoms with E-state index in [1.165, 1.54) is 12.3 Å². The number of fused-ring (bicyclic) bond motifs is 1. The highest BCUT2D eigenvalue weighted by Crippen LogP contribution is 2.32. The first kappa shape index (κ1) is 25.3. The van der Waals surface area contributed by atoms with Crippen molar-refractivity contribution in [2.75, 3.05) is 6.79 Å². The van der Waals surface area contributed by atoms with Crippen LogP contribution in [0.25, 0.3) is 0 Å². The Labute approximate surface area is 218 Å². The molecule has 36 heavy (non-hydrogen) atoms. The summed E-state index contributed by atoms with van der Waals surface area (Å²) in [6.07, 6.45) is 0.814. The molecule has 0 aliphatic carbocycles. The van der Waals surface area contributed by atoms with Crippen LogP contribution >= 0.6 is 23.2 Å². The Balaban J connectivity index is 1.42. The summed E-state index contributed by atoms with van der Waals surface area (Å²) in [6, 6.07) is 18.4. The van der Waals surface area contributed by atoms with Gasteiger partial charge in [0, 0.05) is 11.4 Å². The SMILES string of the molecule is C[C@@H](Oc1ccc(Cl)cc1Cl)C(=O)N[C@H](Cc1ccccc1)C(=O)N/N=C\c1ccc2c(c1)OCO2. The van der Waals surface area contributed by atoms with Crippen LogP contribution in [0.3, 0.4) is 0 Å². The van der Waals surface area contributed by atoms with Crippen LogP contribution in [-0.4, -0.2) is 37.0 Å². The van der Waals surface area contributed by atoms with Gasteiger partial charge in [-0.2, -0.15) is 5.10 Å². The number of hydrazone groups is 1. The Morgan fingerprint density at radius 3 is 2.58 bits per heavy atom. The summed E-state index contributed by atoms with van der Waals surface area (Å²) < 4.78 is 16.3.